The SMILES string of the molecule is CN(Cc1cnccn1)C(=O)C(=O)Nc1ccc2c(c1)oc1ccccc12. The number of likely N-dealkylation sites (N-methyl/N-ethyl adjacent to an activating group) is 1. The molecule has 4 rings (SSSR count). The average molecular weight is 360 g/mol. The molecule has 0 spiro atoms. The molecule has 134 valence electrons. The molecule has 2 aromatic carbocycles. The van der Waals surface area contributed by atoms with Crippen molar-refractivity contribution in [3.05, 3.63) is 66.7 Å². The van der Waals surface area contributed by atoms with E-state index in [1.54, 1.807) is 31.6 Å². The molecular formula is C20H16N4O3. The number of fused-ring (bicyclic) bond motifs is 3. The first kappa shape index (κ1) is 16.7. The first-order valence-corrected chi connectivity index (χ1v) is 8.34. The van der Waals surface area contributed by atoms with Crippen molar-refractivity contribution in [2.45, 2.75) is 6.54 Å². The van der Waals surface area contributed by atoms with Crippen LogP contribution in [-0.4, -0.2) is 33.7 Å². The summed E-state index contributed by atoms with van der Waals surface area (Å²) >= 11 is 0. The number of rotatable bonds is 3. The van der Waals surface area contributed by atoms with E-state index in [0.29, 0.717) is 17.0 Å². The van der Waals surface area contributed by atoms with Crippen molar-refractivity contribution in [3.8, 4) is 0 Å². The van der Waals surface area contributed by atoms with Crippen LogP contribution in [0, 0.1) is 0 Å². The highest BCUT2D eigenvalue weighted by Crippen LogP contribution is 2.30. The highest BCUT2D eigenvalue weighted by atomic mass is 16.3. The zero-order valence-electron chi connectivity index (χ0n) is 14.5. The fourth-order valence-corrected chi connectivity index (χ4v) is 2.89. The van der Waals surface area contributed by atoms with E-state index in [-0.39, 0.29) is 6.54 Å². The zero-order chi connectivity index (χ0) is 18.8. The molecular weight excluding hydrogens is 344 g/mol. The van der Waals surface area contributed by atoms with E-state index in [2.05, 4.69) is 15.3 Å². The van der Waals surface area contributed by atoms with E-state index < -0.39 is 11.8 Å². The number of anilines is 1. The van der Waals surface area contributed by atoms with E-state index in [0.717, 1.165) is 16.4 Å². The van der Waals surface area contributed by atoms with E-state index in [4.69, 9.17) is 4.42 Å². The monoisotopic (exact) mass is 360 g/mol. The third kappa shape index (κ3) is 3.35. The maximum Gasteiger partial charge on any atom is 0.313 e. The van der Waals surface area contributed by atoms with Crippen LogP contribution in [0.25, 0.3) is 21.9 Å². The molecule has 7 heteroatoms. The molecule has 2 aromatic heterocycles. The Morgan fingerprint density at radius 2 is 1.89 bits per heavy atom. The number of hydrogen-bond acceptors (Lipinski definition) is 5. The predicted molar refractivity (Wildman–Crippen MR) is 101 cm³/mol. The maximum atomic E-state index is 12.3. The largest absolute Gasteiger partial charge is 0.456 e. The molecule has 2 amide bonds. The number of furan rings is 1. The van der Waals surface area contributed by atoms with Gasteiger partial charge in [0.25, 0.3) is 0 Å². The molecule has 0 saturated carbocycles. The van der Waals surface area contributed by atoms with Crippen molar-refractivity contribution in [2.24, 2.45) is 0 Å². The van der Waals surface area contributed by atoms with Crippen LogP contribution in [0.15, 0.2) is 65.5 Å². The second-order valence-electron chi connectivity index (χ2n) is 6.12. The number of carbonyl (C=O) groups is 2. The highest BCUT2D eigenvalue weighted by Gasteiger charge is 2.20. The van der Waals surface area contributed by atoms with E-state index in [1.165, 1.54) is 11.1 Å². The fraction of sp³-hybridized carbons (Fsp3) is 0.100. The molecule has 0 bridgehead atoms. The molecule has 0 atom stereocenters. The number of nitrogens with zero attached hydrogens (tertiary/aromatic N) is 3. The molecule has 0 fully saturated rings. The summed E-state index contributed by atoms with van der Waals surface area (Å²) in [6.45, 7) is 0.197. The quantitative estimate of drug-likeness (QED) is 0.568. The van der Waals surface area contributed by atoms with Gasteiger partial charge < -0.3 is 14.6 Å². The van der Waals surface area contributed by atoms with Gasteiger partial charge in [0.1, 0.15) is 11.2 Å². The van der Waals surface area contributed by atoms with Gasteiger partial charge in [0.15, 0.2) is 0 Å². The van der Waals surface area contributed by atoms with Crippen molar-refractivity contribution in [2.75, 3.05) is 12.4 Å². The van der Waals surface area contributed by atoms with Gasteiger partial charge in [0.05, 0.1) is 18.4 Å². The molecule has 0 unspecified atom stereocenters. The highest BCUT2D eigenvalue weighted by molar-refractivity contribution is 6.39. The van der Waals surface area contributed by atoms with E-state index in [9.17, 15) is 9.59 Å². The lowest BCUT2D eigenvalue weighted by Crippen LogP contribution is -2.36. The number of para-hydroxylation sites is 1. The minimum atomic E-state index is -0.725. The van der Waals surface area contributed by atoms with E-state index >= 15 is 0 Å². The van der Waals surface area contributed by atoms with Gasteiger partial charge in [0.2, 0.25) is 0 Å². The third-order valence-corrected chi connectivity index (χ3v) is 4.19. The van der Waals surface area contributed by atoms with Crippen LogP contribution >= 0.6 is 0 Å². The van der Waals surface area contributed by atoms with Crippen LogP contribution in [0.3, 0.4) is 0 Å². The summed E-state index contributed by atoms with van der Waals surface area (Å²) in [5.41, 5.74) is 2.52. The Hall–Kier alpha value is -3.74. The molecule has 1 N–H and O–H groups in total. The Kier molecular flexibility index (Phi) is 4.25. The lowest BCUT2D eigenvalue weighted by molar-refractivity contribution is -0.142. The number of hydrogen-bond donors (Lipinski definition) is 1. The van der Waals surface area contributed by atoms with Crippen LogP contribution in [0.2, 0.25) is 0 Å². The molecule has 0 radical (unpaired) electrons. The van der Waals surface area contributed by atoms with Gasteiger partial charge in [-0.25, -0.2) is 0 Å². The topological polar surface area (TPSA) is 88.3 Å². The van der Waals surface area contributed by atoms with Crippen LogP contribution in [0.4, 0.5) is 5.69 Å². The molecule has 0 aliphatic heterocycles. The van der Waals surface area contributed by atoms with Gasteiger partial charge in [-0.05, 0) is 18.2 Å². The van der Waals surface area contributed by atoms with Gasteiger partial charge in [-0.3, -0.25) is 19.6 Å². The normalized spacial score (nSPS) is 10.9. The smallest absolute Gasteiger partial charge is 0.313 e. The fourth-order valence-electron chi connectivity index (χ4n) is 2.89. The predicted octanol–water partition coefficient (Wildman–Crippen LogP) is 2.97. The minimum absolute atomic E-state index is 0.197. The first-order chi connectivity index (χ1) is 13.1. The van der Waals surface area contributed by atoms with Gasteiger partial charge in [-0.1, -0.05) is 18.2 Å². The third-order valence-electron chi connectivity index (χ3n) is 4.19. The standard InChI is InChI=1S/C20H16N4O3/c1-24(12-14-11-21-8-9-22-14)20(26)19(25)23-13-6-7-16-15-4-2-3-5-17(15)27-18(16)10-13/h2-11H,12H2,1H3,(H,23,25). The molecule has 4 aromatic rings. The number of nitrogens with one attached hydrogen (secondary N) is 1. The summed E-state index contributed by atoms with van der Waals surface area (Å²) < 4.78 is 5.80. The Balaban J connectivity index is 1.50. The van der Waals surface area contributed by atoms with Crippen LogP contribution < -0.4 is 5.32 Å². The first-order valence-electron chi connectivity index (χ1n) is 8.34. The molecule has 7 nitrogen and oxygen atoms in total. The Labute approximate surface area is 154 Å². The number of carbonyl (C=O) groups excluding carboxylic acids is 2. The summed E-state index contributed by atoms with van der Waals surface area (Å²) in [5.74, 6) is -1.39. The molecule has 0 aliphatic carbocycles. The van der Waals surface area contributed by atoms with Gasteiger partial charge in [0, 0.05) is 42.0 Å². The van der Waals surface area contributed by atoms with Crippen molar-refractivity contribution in [3.63, 3.8) is 0 Å². The Morgan fingerprint density at radius 1 is 1.07 bits per heavy atom. The summed E-state index contributed by atoms with van der Waals surface area (Å²) in [7, 11) is 1.54. The van der Waals surface area contributed by atoms with Crippen LogP contribution in [0.5, 0.6) is 0 Å². The van der Waals surface area contributed by atoms with E-state index in [1.807, 2.05) is 30.3 Å². The summed E-state index contributed by atoms with van der Waals surface area (Å²) in [4.78, 5) is 33.9. The van der Waals surface area contributed by atoms with Gasteiger partial charge in [-0.15, -0.1) is 0 Å². The van der Waals surface area contributed by atoms with Crippen molar-refractivity contribution in [1.82, 2.24) is 14.9 Å². The lowest BCUT2D eigenvalue weighted by atomic mass is 10.1. The Bertz CT molecular complexity index is 1140. The van der Waals surface area contributed by atoms with Crippen LogP contribution in [-0.2, 0) is 16.1 Å². The Morgan fingerprint density at radius 3 is 2.70 bits per heavy atom. The number of amides is 2. The summed E-state index contributed by atoms with van der Waals surface area (Å²) in [5, 5.41) is 4.58. The summed E-state index contributed by atoms with van der Waals surface area (Å²) in [6.07, 6.45) is 4.64. The van der Waals surface area contributed by atoms with Crippen LogP contribution in [0.1, 0.15) is 5.69 Å². The second kappa shape index (κ2) is 6.87. The molecule has 27 heavy (non-hydrogen) atoms. The maximum absolute atomic E-state index is 12.3. The lowest BCUT2D eigenvalue weighted by Gasteiger charge is -2.15. The minimum Gasteiger partial charge on any atom is -0.456 e. The van der Waals surface area contributed by atoms with Crippen molar-refractivity contribution in [1.29, 1.82) is 0 Å². The zero-order valence-corrected chi connectivity index (χ0v) is 14.5. The van der Waals surface area contributed by atoms with Gasteiger partial charge in [-0.2, -0.15) is 0 Å². The molecule has 0 saturated heterocycles. The number of benzene rings is 2. The second-order valence-corrected chi connectivity index (χ2v) is 6.12. The number of aromatic nitrogens is 2. The average Bonchev–Trinajstić information content (AvgIpc) is 3.05. The van der Waals surface area contributed by atoms with Crippen molar-refractivity contribution >= 4 is 39.4 Å². The molecule has 0 aliphatic rings. The summed E-state index contributed by atoms with van der Waals surface area (Å²) in [6, 6.07) is 13.0. The van der Waals surface area contributed by atoms with Gasteiger partial charge >= 0.3 is 11.8 Å². The van der Waals surface area contributed by atoms with Crippen molar-refractivity contribution < 1.29 is 14.0 Å². The molecule has 2 heterocycles.